The summed E-state index contributed by atoms with van der Waals surface area (Å²) in [5.41, 5.74) is -3.10. The molecule has 19 atom stereocenters. The van der Waals surface area contributed by atoms with Crippen LogP contribution < -0.4 is 10.2 Å². The van der Waals surface area contributed by atoms with Crippen LogP contribution in [0.1, 0.15) is 125 Å². The number of carbonyl (C=O) groups is 6. The Kier molecular flexibility index (Phi) is 21.4. The van der Waals surface area contributed by atoms with Crippen molar-refractivity contribution in [3.63, 3.8) is 0 Å². The van der Waals surface area contributed by atoms with E-state index in [0.717, 1.165) is 12.8 Å². The Hall–Kier alpha value is -4.27. The smallest absolute Gasteiger partial charge is 0.410 e. The molecule has 1 aliphatic carbocycles. The number of amides is 1. The zero-order chi connectivity index (χ0) is 61.4. The van der Waals surface area contributed by atoms with Crippen molar-refractivity contribution in [2.75, 3.05) is 78.3 Å². The molecule has 0 spiro atoms. The number of fused-ring (bicyclic) bond motifs is 2. The third-order valence-corrected chi connectivity index (χ3v) is 18.7. The maximum Gasteiger partial charge on any atom is 0.410 e. The number of rotatable bonds is 19. The fourth-order valence-electron chi connectivity index (χ4n) is 13.5. The number of cyclic esters (lactones) is 1. The molecule has 5 heterocycles. The van der Waals surface area contributed by atoms with Gasteiger partial charge in [-0.25, -0.2) is 4.79 Å². The molecule has 6 aliphatic rings. The topological polar surface area (TPSA) is 271 Å². The second-order valence-corrected chi connectivity index (χ2v) is 25.3. The van der Waals surface area contributed by atoms with Crippen LogP contribution in [0.2, 0.25) is 5.02 Å². The predicted octanol–water partition coefficient (Wildman–Crippen LogP) is 5.36. The summed E-state index contributed by atoms with van der Waals surface area (Å²) in [4.78, 5) is 89.5. The number of aliphatic hydroxyl groups excluding tert-OH is 1. The van der Waals surface area contributed by atoms with E-state index in [9.17, 15) is 44.1 Å². The van der Waals surface area contributed by atoms with Gasteiger partial charge in [-0.05, 0) is 101 Å². The van der Waals surface area contributed by atoms with Crippen molar-refractivity contribution in [1.82, 2.24) is 14.7 Å². The van der Waals surface area contributed by atoms with Crippen molar-refractivity contribution in [2.45, 2.75) is 205 Å². The summed E-state index contributed by atoms with van der Waals surface area (Å²) < 4.78 is 57.0. The molecule has 0 radical (unpaired) electrons. The van der Waals surface area contributed by atoms with E-state index >= 15 is 0 Å². The van der Waals surface area contributed by atoms with Crippen molar-refractivity contribution in [3.05, 3.63) is 22.7 Å². The van der Waals surface area contributed by atoms with Crippen LogP contribution in [-0.2, 0) is 61.8 Å². The molecule has 7 rings (SSSR count). The van der Waals surface area contributed by atoms with E-state index < -0.39 is 144 Å². The van der Waals surface area contributed by atoms with E-state index in [2.05, 4.69) is 5.32 Å². The van der Waals surface area contributed by atoms with Gasteiger partial charge in [-0.2, -0.15) is 0 Å². The molecule has 3 unspecified atom stereocenters. The van der Waals surface area contributed by atoms with Crippen molar-refractivity contribution < 1.29 is 86.7 Å². The van der Waals surface area contributed by atoms with Crippen LogP contribution in [0.25, 0.3) is 0 Å². The maximum absolute atomic E-state index is 14.9. The first-order valence-corrected chi connectivity index (χ1v) is 29.8. The first kappa shape index (κ1) is 66.3. The van der Waals surface area contributed by atoms with Gasteiger partial charge in [0, 0.05) is 101 Å². The molecule has 0 bridgehead atoms. The van der Waals surface area contributed by atoms with Gasteiger partial charge in [0.1, 0.15) is 29.5 Å². The van der Waals surface area contributed by atoms with Crippen LogP contribution >= 0.6 is 11.6 Å². The molecule has 1 amide bonds. The zero-order valence-electron chi connectivity index (χ0n) is 51.1. The van der Waals surface area contributed by atoms with E-state index in [1.807, 2.05) is 21.7 Å². The number of aliphatic hydroxyl groups is 2. The van der Waals surface area contributed by atoms with Gasteiger partial charge < -0.3 is 82.9 Å². The average molecular weight is 1190 g/mol. The van der Waals surface area contributed by atoms with E-state index in [4.69, 9.17) is 54.2 Å². The number of likely N-dealkylation sites (N-methyl/N-ethyl adjacent to an activating group) is 3. The Balaban J connectivity index is 1.09. The van der Waals surface area contributed by atoms with Crippen LogP contribution in [0.15, 0.2) is 12.1 Å². The van der Waals surface area contributed by atoms with Crippen molar-refractivity contribution >= 4 is 58.5 Å². The standard InChI is InChI=1S/C59H92ClN5O18/c1-16-42-59(10)50(64(17-2)56(73)83-59)31(4)46(67)30(3)27-57(8,74)51(82-55-48(69)41(62(11)12)26-44(75-14)81-55)32(5)49(33(6)54(72)78-42)80-45-28-58(9,76-15)52(34(7)77-45)79-43(66)20-22-63(13)23-21-61-39-24-36-40(25-38(39)60)65(35-18-19-35)29-37(47(36)68)53(70)71/h24-25,30-35,37,41-42,44-45,48-52,55,61,69,74H,16-23,26-29H2,1-15H3,(H,70,71)/t30-,31+,32+,33-,34+,37?,41+,42-,44+,45?,48-,49+,50-,51-,52+,55?,57-,58-,59-/m1/s1. The third-order valence-electron chi connectivity index (χ3n) is 18.4. The summed E-state index contributed by atoms with van der Waals surface area (Å²) in [7, 11) is 8.42. The molecular weight excluding hydrogens is 1100 g/mol. The predicted molar refractivity (Wildman–Crippen MR) is 304 cm³/mol. The van der Waals surface area contributed by atoms with E-state index in [1.54, 1.807) is 88.5 Å². The summed E-state index contributed by atoms with van der Waals surface area (Å²) >= 11 is 6.71. The van der Waals surface area contributed by atoms with E-state index in [0.29, 0.717) is 48.0 Å². The van der Waals surface area contributed by atoms with Gasteiger partial charge in [-0.3, -0.25) is 24.0 Å². The number of carboxylic acid groups (broad SMARTS) is 1. The number of carboxylic acids is 1. The molecule has 24 heteroatoms. The maximum atomic E-state index is 14.9. The van der Waals surface area contributed by atoms with Crippen LogP contribution in [0.4, 0.5) is 16.2 Å². The fourth-order valence-corrected chi connectivity index (χ4v) is 13.7. The molecule has 23 nitrogen and oxygen atoms in total. The Bertz CT molecular complexity index is 2500. The van der Waals surface area contributed by atoms with Gasteiger partial charge in [-0.15, -0.1) is 0 Å². The first-order chi connectivity index (χ1) is 38.9. The summed E-state index contributed by atoms with van der Waals surface area (Å²) in [6, 6.07) is 2.19. The molecule has 5 fully saturated rings. The number of hydrogen-bond donors (Lipinski definition) is 4. The van der Waals surface area contributed by atoms with E-state index in [1.165, 1.54) is 26.0 Å². The third kappa shape index (κ3) is 14.1. The quantitative estimate of drug-likeness (QED) is 0.0771. The fraction of sp³-hybridized carbons (Fsp3) is 0.797. The van der Waals surface area contributed by atoms with Gasteiger partial charge in [0.2, 0.25) is 0 Å². The number of halogens is 1. The number of benzene rings is 1. The molecule has 5 aliphatic heterocycles. The minimum atomic E-state index is -1.89. The molecule has 468 valence electrons. The van der Waals surface area contributed by atoms with Crippen LogP contribution in [0.5, 0.6) is 0 Å². The first-order valence-electron chi connectivity index (χ1n) is 29.4. The number of ketones is 2. The van der Waals surface area contributed by atoms with Gasteiger partial charge in [0.25, 0.3) is 0 Å². The lowest BCUT2D eigenvalue weighted by Gasteiger charge is -2.49. The number of esters is 2. The van der Waals surface area contributed by atoms with Crippen LogP contribution in [0, 0.1) is 29.6 Å². The van der Waals surface area contributed by atoms with Gasteiger partial charge in [0.05, 0.1) is 53.0 Å². The largest absolute Gasteiger partial charge is 0.481 e. The monoisotopic (exact) mass is 1190 g/mol. The normalized spacial score (nSPS) is 38.3. The highest BCUT2D eigenvalue weighted by molar-refractivity contribution is 6.34. The number of nitrogens with one attached hydrogen (secondary N) is 1. The molecule has 1 aromatic carbocycles. The Labute approximate surface area is 493 Å². The molecule has 83 heavy (non-hydrogen) atoms. The molecule has 4 N–H and O–H groups in total. The minimum absolute atomic E-state index is 0.00116. The number of nitrogens with zero attached hydrogens (tertiary/aromatic N) is 4. The summed E-state index contributed by atoms with van der Waals surface area (Å²) in [6.45, 7) is 18.6. The van der Waals surface area contributed by atoms with Crippen LogP contribution in [0.3, 0.4) is 0 Å². The lowest BCUT2D eigenvalue weighted by atomic mass is 9.73. The lowest BCUT2D eigenvalue weighted by molar-refractivity contribution is -0.340. The molecule has 1 saturated carbocycles. The highest BCUT2D eigenvalue weighted by Crippen LogP contribution is 2.46. The second-order valence-electron chi connectivity index (χ2n) is 24.9. The number of carbonyl (C=O) groups excluding carboxylic acids is 5. The highest BCUT2D eigenvalue weighted by Gasteiger charge is 2.61. The van der Waals surface area contributed by atoms with Crippen molar-refractivity contribution in [2.24, 2.45) is 29.6 Å². The Morgan fingerprint density at radius 3 is 2.20 bits per heavy atom. The number of hydrogen-bond acceptors (Lipinski definition) is 21. The summed E-state index contributed by atoms with van der Waals surface area (Å²) in [5.74, 6) is -8.05. The number of aliphatic carboxylic acids is 1. The zero-order valence-corrected chi connectivity index (χ0v) is 51.8. The van der Waals surface area contributed by atoms with Crippen molar-refractivity contribution in [1.29, 1.82) is 0 Å². The lowest BCUT2D eigenvalue weighted by Crippen LogP contribution is -2.62. The van der Waals surface area contributed by atoms with Gasteiger partial charge in [-0.1, -0.05) is 39.3 Å². The minimum Gasteiger partial charge on any atom is -0.481 e. The Morgan fingerprint density at radius 2 is 1.60 bits per heavy atom. The average Bonchev–Trinajstić information content (AvgIpc) is 2.88. The van der Waals surface area contributed by atoms with Gasteiger partial charge >= 0.3 is 24.0 Å². The molecule has 4 saturated heterocycles. The number of methoxy groups -OCH3 is 2. The van der Waals surface area contributed by atoms with E-state index in [-0.39, 0.29) is 50.6 Å². The van der Waals surface area contributed by atoms with Crippen molar-refractivity contribution in [3.8, 4) is 0 Å². The van der Waals surface area contributed by atoms with Gasteiger partial charge in [0.15, 0.2) is 36.4 Å². The Morgan fingerprint density at radius 1 is 0.916 bits per heavy atom. The highest BCUT2D eigenvalue weighted by atomic mass is 35.5. The molecule has 0 aromatic heterocycles. The number of anilines is 2. The summed E-state index contributed by atoms with van der Waals surface area (Å²) in [5, 5.41) is 38.3. The molecular formula is C59H92ClN5O18. The molecule has 1 aromatic rings. The second kappa shape index (κ2) is 26.8. The summed E-state index contributed by atoms with van der Waals surface area (Å²) in [6.07, 6.45) is -8.29. The SMILES string of the molecule is CC[C@H]1OC(=O)[C@H](C)[C@@H](OC2C[C@@](C)(OC)[C@@H](OC(=O)CCN(C)CCNc3cc4c(cc3Cl)N(C3CC3)CC(C(=O)O)C4=O)[C@H](C)O2)[C@H](C)[C@@H](OC2O[C@H](OC)C[C@H](N(C)C)[C@H]2O)[C@](C)(O)C[C@@H](C)C(=O)[C@H](C)[C@H]2N(CC)C(=O)O[C@]12C. The van der Waals surface area contributed by atoms with Crippen LogP contribution in [-0.4, -0.2) is 224 Å². The number of ether oxygens (including phenoxy) is 9. The number of Topliss-reactive ketones (excluding diaryl/α,β-unsaturated/α-hetero) is 2.